The number of carbonyl (C=O) groups is 1. The predicted molar refractivity (Wildman–Crippen MR) is 83.0 cm³/mol. The number of Topliss-reactive ketones (excluding diaryl/α,β-unsaturated/α-hetero) is 1. The van der Waals surface area contributed by atoms with Crippen molar-refractivity contribution in [3.8, 4) is 5.75 Å². The summed E-state index contributed by atoms with van der Waals surface area (Å²) in [7, 11) is 3.13. The second-order valence-corrected chi connectivity index (χ2v) is 5.05. The van der Waals surface area contributed by atoms with Crippen LogP contribution < -0.4 is 4.74 Å². The van der Waals surface area contributed by atoms with Gasteiger partial charge in [-0.1, -0.05) is 36.4 Å². The topological polar surface area (TPSA) is 35.5 Å². The molecule has 0 aromatic heterocycles. The highest BCUT2D eigenvalue weighted by atomic mass is 16.5. The second kappa shape index (κ2) is 6.55. The van der Waals surface area contributed by atoms with Crippen molar-refractivity contribution in [1.82, 2.24) is 0 Å². The molecule has 1 atom stereocenters. The van der Waals surface area contributed by atoms with Gasteiger partial charge in [0.15, 0.2) is 5.78 Å². The van der Waals surface area contributed by atoms with E-state index in [-0.39, 0.29) is 5.78 Å². The number of hydrogen-bond acceptors (Lipinski definition) is 3. The first-order valence-electron chi connectivity index (χ1n) is 6.85. The first-order chi connectivity index (χ1) is 10.1. The van der Waals surface area contributed by atoms with Gasteiger partial charge in [0.05, 0.1) is 12.7 Å². The van der Waals surface area contributed by atoms with Gasteiger partial charge in [-0.3, -0.25) is 4.79 Å². The highest BCUT2D eigenvalue weighted by molar-refractivity contribution is 6.03. The molecule has 0 radical (unpaired) electrons. The minimum atomic E-state index is -0.624. The third-order valence-electron chi connectivity index (χ3n) is 3.49. The standard InChI is InChI=1S/C18H20O3/c1-12-10-13(2)16(15(11-12)20-3)17(19)18(21-4)14-8-6-5-7-9-14/h5-11,18H,1-4H3. The largest absolute Gasteiger partial charge is 0.496 e. The molecular formula is C18H20O3. The number of rotatable bonds is 5. The number of ether oxygens (including phenoxy) is 2. The summed E-state index contributed by atoms with van der Waals surface area (Å²) >= 11 is 0. The quantitative estimate of drug-likeness (QED) is 0.782. The molecule has 110 valence electrons. The summed E-state index contributed by atoms with van der Waals surface area (Å²) in [5, 5.41) is 0. The zero-order valence-electron chi connectivity index (χ0n) is 12.8. The van der Waals surface area contributed by atoms with E-state index in [2.05, 4.69) is 0 Å². The summed E-state index contributed by atoms with van der Waals surface area (Å²) in [6.07, 6.45) is -0.624. The van der Waals surface area contributed by atoms with E-state index in [0.717, 1.165) is 16.7 Å². The Morgan fingerprint density at radius 1 is 1.05 bits per heavy atom. The Kier molecular flexibility index (Phi) is 4.76. The van der Waals surface area contributed by atoms with E-state index >= 15 is 0 Å². The van der Waals surface area contributed by atoms with Gasteiger partial charge in [-0.15, -0.1) is 0 Å². The summed E-state index contributed by atoms with van der Waals surface area (Å²) < 4.78 is 10.8. The summed E-state index contributed by atoms with van der Waals surface area (Å²) in [4.78, 5) is 12.9. The van der Waals surface area contributed by atoms with Crippen molar-refractivity contribution in [2.45, 2.75) is 20.0 Å². The van der Waals surface area contributed by atoms with Gasteiger partial charge in [0, 0.05) is 7.11 Å². The van der Waals surface area contributed by atoms with Gasteiger partial charge in [-0.2, -0.15) is 0 Å². The minimum absolute atomic E-state index is 0.0851. The highest BCUT2D eigenvalue weighted by Crippen LogP contribution is 2.30. The lowest BCUT2D eigenvalue weighted by molar-refractivity contribution is 0.0601. The van der Waals surface area contributed by atoms with Gasteiger partial charge in [-0.05, 0) is 36.6 Å². The van der Waals surface area contributed by atoms with Gasteiger partial charge >= 0.3 is 0 Å². The van der Waals surface area contributed by atoms with Crippen molar-refractivity contribution in [1.29, 1.82) is 0 Å². The van der Waals surface area contributed by atoms with Crippen molar-refractivity contribution in [2.24, 2.45) is 0 Å². The molecule has 0 bridgehead atoms. The second-order valence-electron chi connectivity index (χ2n) is 5.05. The monoisotopic (exact) mass is 284 g/mol. The Morgan fingerprint density at radius 3 is 2.29 bits per heavy atom. The molecule has 21 heavy (non-hydrogen) atoms. The Hall–Kier alpha value is -2.13. The minimum Gasteiger partial charge on any atom is -0.496 e. The summed E-state index contributed by atoms with van der Waals surface area (Å²) in [6, 6.07) is 13.3. The van der Waals surface area contributed by atoms with E-state index in [1.54, 1.807) is 14.2 Å². The van der Waals surface area contributed by atoms with Crippen LogP contribution in [0.2, 0.25) is 0 Å². The molecule has 3 heteroatoms. The van der Waals surface area contributed by atoms with Crippen molar-refractivity contribution < 1.29 is 14.3 Å². The summed E-state index contributed by atoms with van der Waals surface area (Å²) in [5.74, 6) is 0.508. The fourth-order valence-corrected chi connectivity index (χ4v) is 2.56. The smallest absolute Gasteiger partial charge is 0.200 e. The molecule has 0 N–H and O–H groups in total. The molecule has 0 heterocycles. The van der Waals surface area contributed by atoms with Crippen LogP contribution in [0.15, 0.2) is 42.5 Å². The summed E-state index contributed by atoms with van der Waals surface area (Å²) in [6.45, 7) is 3.90. The Bertz CT molecular complexity index is 632. The fourth-order valence-electron chi connectivity index (χ4n) is 2.56. The van der Waals surface area contributed by atoms with Gasteiger partial charge in [0.2, 0.25) is 0 Å². The lowest BCUT2D eigenvalue weighted by Gasteiger charge is -2.18. The Morgan fingerprint density at radius 2 is 1.71 bits per heavy atom. The van der Waals surface area contributed by atoms with Crippen molar-refractivity contribution >= 4 is 5.78 Å². The molecule has 2 rings (SSSR count). The third-order valence-corrected chi connectivity index (χ3v) is 3.49. The van der Waals surface area contributed by atoms with Crippen LogP contribution in [0.3, 0.4) is 0 Å². The molecular weight excluding hydrogens is 264 g/mol. The van der Waals surface area contributed by atoms with Crippen molar-refractivity contribution in [2.75, 3.05) is 14.2 Å². The van der Waals surface area contributed by atoms with Crippen LogP contribution in [0, 0.1) is 13.8 Å². The molecule has 0 saturated heterocycles. The maximum atomic E-state index is 12.9. The predicted octanol–water partition coefficient (Wildman–Crippen LogP) is 3.88. The van der Waals surface area contributed by atoms with Crippen molar-refractivity contribution in [3.63, 3.8) is 0 Å². The van der Waals surface area contributed by atoms with Gasteiger partial charge < -0.3 is 9.47 Å². The summed E-state index contributed by atoms with van der Waals surface area (Å²) in [5.41, 5.74) is 3.38. The number of ketones is 1. The zero-order valence-corrected chi connectivity index (χ0v) is 12.8. The van der Waals surface area contributed by atoms with E-state index in [9.17, 15) is 4.79 Å². The van der Waals surface area contributed by atoms with Crippen LogP contribution in [0.1, 0.15) is 33.2 Å². The molecule has 1 unspecified atom stereocenters. The van der Waals surface area contributed by atoms with Crippen LogP contribution >= 0.6 is 0 Å². The van der Waals surface area contributed by atoms with Crippen LogP contribution in [0.5, 0.6) is 5.75 Å². The zero-order chi connectivity index (χ0) is 15.4. The Balaban J connectivity index is 2.48. The number of aryl methyl sites for hydroxylation is 2. The molecule has 0 aliphatic carbocycles. The molecule has 0 amide bonds. The van der Waals surface area contributed by atoms with Crippen LogP contribution in [-0.4, -0.2) is 20.0 Å². The normalized spacial score (nSPS) is 12.0. The van der Waals surface area contributed by atoms with E-state index < -0.39 is 6.10 Å². The fraction of sp³-hybridized carbons (Fsp3) is 0.278. The SMILES string of the molecule is COc1cc(C)cc(C)c1C(=O)C(OC)c1ccccc1. The number of benzene rings is 2. The van der Waals surface area contributed by atoms with E-state index in [1.807, 2.05) is 56.3 Å². The number of carbonyl (C=O) groups excluding carboxylic acids is 1. The molecule has 0 aliphatic rings. The lowest BCUT2D eigenvalue weighted by atomic mass is 9.94. The average molecular weight is 284 g/mol. The van der Waals surface area contributed by atoms with E-state index in [1.165, 1.54) is 0 Å². The maximum Gasteiger partial charge on any atom is 0.200 e. The molecule has 0 fully saturated rings. The molecule has 0 saturated carbocycles. The molecule has 0 aliphatic heterocycles. The number of methoxy groups -OCH3 is 2. The van der Waals surface area contributed by atoms with Gasteiger partial charge in [-0.25, -0.2) is 0 Å². The van der Waals surface area contributed by atoms with Crippen LogP contribution in [0.4, 0.5) is 0 Å². The van der Waals surface area contributed by atoms with Gasteiger partial charge in [0.25, 0.3) is 0 Å². The van der Waals surface area contributed by atoms with Crippen molar-refractivity contribution in [3.05, 3.63) is 64.7 Å². The maximum absolute atomic E-state index is 12.9. The van der Waals surface area contributed by atoms with Crippen LogP contribution in [-0.2, 0) is 4.74 Å². The first-order valence-corrected chi connectivity index (χ1v) is 6.85. The lowest BCUT2D eigenvalue weighted by Crippen LogP contribution is -2.17. The molecule has 3 nitrogen and oxygen atoms in total. The van der Waals surface area contributed by atoms with Gasteiger partial charge in [0.1, 0.15) is 11.9 Å². The van der Waals surface area contributed by atoms with Crippen LogP contribution in [0.25, 0.3) is 0 Å². The van der Waals surface area contributed by atoms with E-state index in [4.69, 9.17) is 9.47 Å². The molecule has 0 spiro atoms. The van der Waals surface area contributed by atoms with E-state index in [0.29, 0.717) is 11.3 Å². The Labute approximate surface area is 125 Å². The number of hydrogen-bond donors (Lipinski definition) is 0. The molecule has 2 aromatic carbocycles. The average Bonchev–Trinajstić information content (AvgIpc) is 2.48. The third kappa shape index (κ3) is 3.14. The highest BCUT2D eigenvalue weighted by Gasteiger charge is 2.26. The first kappa shape index (κ1) is 15.3. The molecule has 2 aromatic rings.